The number of aromatic nitrogens is 1. The number of pyridine rings is 1. The van der Waals surface area contributed by atoms with Crippen LogP contribution in [-0.4, -0.2) is 0 Å². The summed E-state index contributed by atoms with van der Waals surface area (Å²) in [5.74, 6) is -0.501. The van der Waals surface area contributed by atoms with Crippen molar-refractivity contribution in [2.75, 3.05) is 0 Å². The molecule has 0 spiro atoms. The second kappa shape index (κ2) is 6.86. The van der Waals surface area contributed by atoms with Crippen LogP contribution in [0.3, 0.4) is 0 Å². The highest BCUT2D eigenvalue weighted by atomic mass is 14.9. The Labute approximate surface area is 143 Å². The fourth-order valence-corrected chi connectivity index (χ4v) is 3.08. The molecule has 0 aliphatic heterocycles. The summed E-state index contributed by atoms with van der Waals surface area (Å²) in [7, 11) is 2.09. The van der Waals surface area contributed by atoms with E-state index < -0.39 is 5.89 Å². The van der Waals surface area contributed by atoms with Crippen molar-refractivity contribution in [3.05, 3.63) is 53.2 Å². The van der Waals surface area contributed by atoms with E-state index in [2.05, 4.69) is 89.7 Å². The number of nitrogens with zero attached hydrogens (tertiary/aromatic N) is 1. The van der Waals surface area contributed by atoms with Gasteiger partial charge in [-0.05, 0) is 53.8 Å². The van der Waals surface area contributed by atoms with Crippen LogP contribution in [0, 0.1) is 6.92 Å². The lowest BCUT2D eigenvalue weighted by Gasteiger charge is -2.20. The van der Waals surface area contributed by atoms with E-state index in [0.29, 0.717) is 0 Å². The Morgan fingerprint density at radius 2 is 1.74 bits per heavy atom. The number of hydrogen-bond donors (Lipinski definition) is 0. The Kier molecular flexibility index (Phi) is 4.84. The summed E-state index contributed by atoms with van der Waals surface area (Å²) < 4.78 is 10.9. The van der Waals surface area contributed by atoms with Gasteiger partial charge in [0.05, 0.1) is 0 Å². The summed E-state index contributed by atoms with van der Waals surface area (Å²) >= 11 is 0. The topological polar surface area (TPSA) is 3.88 Å². The summed E-state index contributed by atoms with van der Waals surface area (Å²) in [6, 6.07) is 11.1. The minimum absolute atomic E-state index is 0.130. The Hall–Kier alpha value is -1.63. The SMILES string of the molecule is [2H]C(CC)(CC)c1cc[n+](C)c(-c2cc(C(C)(C)C)ccc2C)c1. The molecule has 0 atom stereocenters. The Balaban J connectivity index is 2.65. The predicted octanol–water partition coefficient (Wildman–Crippen LogP) is 5.69. The third kappa shape index (κ3) is 3.83. The van der Waals surface area contributed by atoms with Crippen molar-refractivity contribution in [3.63, 3.8) is 0 Å². The van der Waals surface area contributed by atoms with E-state index in [1.54, 1.807) is 0 Å². The van der Waals surface area contributed by atoms with Gasteiger partial charge in [-0.25, -0.2) is 4.57 Å². The van der Waals surface area contributed by atoms with Crippen LogP contribution in [0.2, 0.25) is 0 Å². The third-order valence-corrected chi connectivity index (χ3v) is 4.79. The molecule has 0 amide bonds. The van der Waals surface area contributed by atoms with Gasteiger partial charge in [0.15, 0.2) is 6.20 Å². The van der Waals surface area contributed by atoms with Crippen LogP contribution in [-0.2, 0) is 12.5 Å². The number of benzene rings is 1. The molecule has 2 aromatic rings. The van der Waals surface area contributed by atoms with Crippen LogP contribution in [0.5, 0.6) is 0 Å². The summed E-state index contributed by atoms with van der Waals surface area (Å²) in [4.78, 5) is 0. The van der Waals surface area contributed by atoms with Crippen LogP contribution >= 0.6 is 0 Å². The molecule has 1 aromatic carbocycles. The van der Waals surface area contributed by atoms with E-state index in [9.17, 15) is 0 Å². The molecule has 0 unspecified atom stereocenters. The van der Waals surface area contributed by atoms with Gasteiger partial charge in [0.1, 0.15) is 7.05 Å². The number of hydrogen-bond acceptors (Lipinski definition) is 0. The minimum atomic E-state index is -0.501. The molecule has 1 aromatic heterocycles. The molecule has 0 fully saturated rings. The van der Waals surface area contributed by atoms with Crippen molar-refractivity contribution < 1.29 is 5.94 Å². The van der Waals surface area contributed by atoms with Crippen molar-refractivity contribution in [3.8, 4) is 11.3 Å². The molecule has 0 N–H and O–H groups in total. The zero-order valence-electron chi connectivity index (χ0n) is 16.8. The van der Waals surface area contributed by atoms with Crippen LogP contribution in [0.1, 0.15) is 71.4 Å². The summed E-state index contributed by atoms with van der Waals surface area (Å²) in [5, 5.41) is 0. The summed E-state index contributed by atoms with van der Waals surface area (Å²) in [6.45, 7) is 13.1. The van der Waals surface area contributed by atoms with Gasteiger partial charge in [-0.3, -0.25) is 0 Å². The van der Waals surface area contributed by atoms with Gasteiger partial charge in [-0.15, -0.1) is 0 Å². The van der Waals surface area contributed by atoms with Crippen molar-refractivity contribution >= 4 is 0 Å². The van der Waals surface area contributed by atoms with E-state index >= 15 is 0 Å². The molecular formula is C22H32N+. The average molecular weight is 312 g/mol. The number of aryl methyl sites for hydroxylation is 2. The third-order valence-electron chi connectivity index (χ3n) is 4.79. The molecule has 1 heterocycles. The molecule has 0 bridgehead atoms. The van der Waals surface area contributed by atoms with Gasteiger partial charge in [0.2, 0.25) is 5.69 Å². The minimum Gasteiger partial charge on any atom is -0.201 e. The Morgan fingerprint density at radius 1 is 1.09 bits per heavy atom. The van der Waals surface area contributed by atoms with E-state index in [4.69, 9.17) is 1.37 Å². The molecule has 1 heteroatoms. The fourth-order valence-electron chi connectivity index (χ4n) is 3.08. The maximum absolute atomic E-state index is 8.77. The van der Waals surface area contributed by atoms with Gasteiger partial charge in [-0.1, -0.05) is 46.8 Å². The predicted molar refractivity (Wildman–Crippen MR) is 99.8 cm³/mol. The maximum atomic E-state index is 8.77. The Bertz CT molecular complexity index is 721. The van der Waals surface area contributed by atoms with E-state index in [0.717, 1.165) is 18.4 Å². The molecule has 0 saturated carbocycles. The first-order valence-corrected chi connectivity index (χ1v) is 8.74. The van der Waals surface area contributed by atoms with Crippen molar-refractivity contribution in [1.82, 2.24) is 0 Å². The van der Waals surface area contributed by atoms with E-state index in [1.807, 2.05) is 0 Å². The van der Waals surface area contributed by atoms with Crippen LogP contribution in [0.25, 0.3) is 11.3 Å². The summed E-state index contributed by atoms with van der Waals surface area (Å²) in [6.07, 6.45) is 3.76. The van der Waals surface area contributed by atoms with Gasteiger partial charge in [0.25, 0.3) is 0 Å². The summed E-state index contributed by atoms with van der Waals surface area (Å²) in [5.41, 5.74) is 6.32. The monoisotopic (exact) mass is 311 g/mol. The second-order valence-electron chi connectivity index (χ2n) is 7.50. The molecule has 2 rings (SSSR count). The van der Waals surface area contributed by atoms with Gasteiger partial charge in [-0.2, -0.15) is 0 Å². The van der Waals surface area contributed by atoms with Crippen molar-refractivity contribution in [2.24, 2.45) is 7.05 Å². The first kappa shape index (κ1) is 16.2. The number of rotatable bonds is 4. The molecule has 1 nitrogen and oxygen atoms in total. The molecule has 0 aliphatic carbocycles. The normalized spacial score (nSPS) is 13.1. The van der Waals surface area contributed by atoms with Gasteiger partial charge < -0.3 is 0 Å². The van der Waals surface area contributed by atoms with Crippen LogP contribution in [0.4, 0.5) is 0 Å². The van der Waals surface area contributed by atoms with Gasteiger partial charge >= 0.3 is 0 Å². The molecule has 124 valence electrons. The van der Waals surface area contributed by atoms with Crippen LogP contribution in [0.15, 0.2) is 36.5 Å². The standard InChI is InChI=1S/C22H32N/c1-8-17(9-2)18-12-13-23(7)21(14-18)20-15-19(22(4,5)6)11-10-16(20)3/h10-15,17H,8-9H2,1-7H3/q+1/i17D. The van der Waals surface area contributed by atoms with E-state index in [-0.39, 0.29) is 5.41 Å². The Morgan fingerprint density at radius 3 is 2.30 bits per heavy atom. The molecule has 0 radical (unpaired) electrons. The zero-order chi connectivity index (χ0) is 18.1. The quantitative estimate of drug-likeness (QED) is 0.639. The average Bonchev–Trinajstić information content (AvgIpc) is 2.54. The molecule has 0 saturated heterocycles. The van der Waals surface area contributed by atoms with Crippen molar-refractivity contribution in [1.29, 1.82) is 0 Å². The lowest BCUT2D eigenvalue weighted by atomic mass is 9.84. The first-order valence-electron chi connectivity index (χ1n) is 9.24. The largest absolute Gasteiger partial charge is 0.212 e. The van der Waals surface area contributed by atoms with E-state index in [1.165, 1.54) is 22.4 Å². The highest BCUT2D eigenvalue weighted by molar-refractivity contribution is 5.63. The van der Waals surface area contributed by atoms with Crippen molar-refractivity contribution in [2.45, 2.75) is 65.7 Å². The lowest BCUT2D eigenvalue weighted by Crippen LogP contribution is -2.31. The highest BCUT2D eigenvalue weighted by Crippen LogP contribution is 2.31. The smallest absolute Gasteiger partial charge is 0.201 e. The maximum Gasteiger partial charge on any atom is 0.212 e. The molecule has 23 heavy (non-hydrogen) atoms. The zero-order valence-corrected chi connectivity index (χ0v) is 15.8. The molecular weight excluding hydrogens is 278 g/mol. The highest BCUT2D eigenvalue weighted by Gasteiger charge is 2.20. The van der Waals surface area contributed by atoms with Gasteiger partial charge in [0, 0.05) is 19.1 Å². The van der Waals surface area contributed by atoms with Crippen LogP contribution < -0.4 is 4.57 Å². The molecule has 0 aliphatic rings. The first-order chi connectivity index (χ1) is 11.1. The second-order valence-corrected chi connectivity index (χ2v) is 7.50. The fraction of sp³-hybridized carbons (Fsp3) is 0.500. The lowest BCUT2D eigenvalue weighted by molar-refractivity contribution is -0.660.